The SMILES string of the molecule is CC(=O)c1cccc(OCC(O)CN(C)CC#N)c1. The van der Waals surface area contributed by atoms with E-state index in [1.54, 1.807) is 36.2 Å². The highest BCUT2D eigenvalue weighted by molar-refractivity contribution is 5.94. The van der Waals surface area contributed by atoms with Crippen molar-refractivity contribution in [2.75, 3.05) is 26.7 Å². The number of Topliss-reactive ketones (excluding diaryl/α,β-unsaturated/α-hetero) is 1. The van der Waals surface area contributed by atoms with E-state index in [-0.39, 0.29) is 18.9 Å². The van der Waals surface area contributed by atoms with E-state index in [2.05, 4.69) is 0 Å². The lowest BCUT2D eigenvalue weighted by Gasteiger charge is -2.18. The Hall–Kier alpha value is -1.90. The first kappa shape index (κ1) is 15.2. The van der Waals surface area contributed by atoms with Crippen molar-refractivity contribution in [1.29, 1.82) is 5.26 Å². The summed E-state index contributed by atoms with van der Waals surface area (Å²) in [6.07, 6.45) is -0.681. The van der Waals surface area contributed by atoms with Gasteiger partial charge in [0.25, 0.3) is 0 Å². The van der Waals surface area contributed by atoms with Gasteiger partial charge in [0.15, 0.2) is 5.78 Å². The summed E-state index contributed by atoms with van der Waals surface area (Å²) >= 11 is 0. The molecule has 1 aromatic carbocycles. The van der Waals surface area contributed by atoms with Gasteiger partial charge in [0.2, 0.25) is 0 Å². The number of hydrogen-bond acceptors (Lipinski definition) is 5. The van der Waals surface area contributed by atoms with Gasteiger partial charge in [0, 0.05) is 12.1 Å². The first-order valence-corrected chi connectivity index (χ1v) is 6.00. The van der Waals surface area contributed by atoms with Crippen molar-refractivity contribution in [1.82, 2.24) is 4.90 Å². The number of likely N-dealkylation sites (N-methyl/N-ethyl adjacent to an activating group) is 1. The molecule has 0 amide bonds. The van der Waals surface area contributed by atoms with Crippen LogP contribution in [0.3, 0.4) is 0 Å². The van der Waals surface area contributed by atoms with Crippen molar-refractivity contribution in [3.8, 4) is 11.8 Å². The Morgan fingerprint density at radius 2 is 2.32 bits per heavy atom. The lowest BCUT2D eigenvalue weighted by Crippen LogP contribution is -2.33. The number of nitriles is 1. The molecule has 1 rings (SSSR count). The van der Waals surface area contributed by atoms with Gasteiger partial charge in [0.05, 0.1) is 12.6 Å². The average Bonchev–Trinajstić information content (AvgIpc) is 2.37. The lowest BCUT2D eigenvalue weighted by molar-refractivity contribution is 0.0798. The van der Waals surface area contributed by atoms with E-state index in [0.29, 0.717) is 17.9 Å². The molecule has 0 radical (unpaired) electrons. The Morgan fingerprint density at radius 3 is 2.95 bits per heavy atom. The predicted molar refractivity (Wildman–Crippen MR) is 71.1 cm³/mol. The maximum atomic E-state index is 11.2. The van der Waals surface area contributed by atoms with Crippen molar-refractivity contribution in [2.24, 2.45) is 0 Å². The summed E-state index contributed by atoms with van der Waals surface area (Å²) in [7, 11) is 1.75. The second-order valence-electron chi connectivity index (χ2n) is 4.40. The average molecular weight is 262 g/mol. The molecule has 0 spiro atoms. The van der Waals surface area contributed by atoms with Crippen molar-refractivity contribution in [3.05, 3.63) is 29.8 Å². The van der Waals surface area contributed by atoms with Crippen LogP contribution < -0.4 is 4.74 Å². The van der Waals surface area contributed by atoms with Crippen molar-refractivity contribution in [2.45, 2.75) is 13.0 Å². The summed E-state index contributed by atoms with van der Waals surface area (Å²) in [6.45, 7) is 2.23. The predicted octanol–water partition coefficient (Wildman–Crippen LogP) is 1.08. The van der Waals surface area contributed by atoms with Gasteiger partial charge in [0.1, 0.15) is 18.5 Å². The van der Waals surface area contributed by atoms with Crippen LogP contribution in [0.4, 0.5) is 0 Å². The number of rotatable bonds is 7. The second kappa shape index (κ2) is 7.52. The number of aliphatic hydroxyl groups excluding tert-OH is 1. The maximum absolute atomic E-state index is 11.2. The Kier molecular flexibility index (Phi) is 6.00. The molecule has 0 aliphatic rings. The largest absolute Gasteiger partial charge is 0.491 e. The van der Waals surface area contributed by atoms with E-state index in [1.807, 2.05) is 6.07 Å². The Balaban J connectivity index is 2.46. The van der Waals surface area contributed by atoms with E-state index in [9.17, 15) is 9.90 Å². The van der Waals surface area contributed by atoms with Crippen LogP contribution in [0.15, 0.2) is 24.3 Å². The monoisotopic (exact) mass is 262 g/mol. The lowest BCUT2D eigenvalue weighted by atomic mass is 10.1. The third kappa shape index (κ3) is 5.51. The molecule has 0 bridgehead atoms. The topological polar surface area (TPSA) is 73.6 Å². The molecule has 0 saturated heterocycles. The molecule has 1 atom stereocenters. The molecule has 0 heterocycles. The summed E-state index contributed by atoms with van der Waals surface area (Å²) in [5.74, 6) is 0.523. The van der Waals surface area contributed by atoms with Gasteiger partial charge in [-0.25, -0.2) is 0 Å². The summed E-state index contributed by atoms with van der Waals surface area (Å²) in [4.78, 5) is 12.9. The van der Waals surface area contributed by atoms with Gasteiger partial charge >= 0.3 is 0 Å². The van der Waals surface area contributed by atoms with E-state index in [0.717, 1.165) is 0 Å². The molecule has 102 valence electrons. The number of carbonyl (C=O) groups excluding carboxylic acids is 1. The highest BCUT2D eigenvalue weighted by atomic mass is 16.5. The molecular weight excluding hydrogens is 244 g/mol. The quantitative estimate of drug-likeness (QED) is 0.588. The second-order valence-corrected chi connectivity index (χ2v) is 4.40. The van der Waals surface area contributed by atoms with Crippen LogP contribution in [-0.4, -0.2) is 48.6 Å². The number of nitrogens with zero attached hydrogens (tertiary/aromatic N) is 2. The molecule has 0 fully saturated rings. The fourth-order valence-corrected chi connectivity index (χ4v) is 1.60. The Labute approximate surface area is 113 Å². The van der Waals surface area contributed by atoms with E-state index in [4.69, 9.17) is 10.00 Å². The minimum Gasteiger partial charge on any atom is -0.491 e. The zero-order chi connectivity index (χ0) is 14.3. The number of aliphatic hydroxyl groups is 1. The van der Waals surface area contributed by atoms with Gasteiger partial charge in [-0.05, 0) is 26.1 Å². The zero-order valence-electron chi connectivity index (χ0n) is 11.2. The molecule has 0 saturated carbocycles. The highest BCUT2D eigenvalue weighted by Crippen LogP contribution is 2.14. The normalized spacial score (nSPS) is 11.9. The van der Waals surface area contributed by atoms with E-state index in [1.165, 1.54) is 6.92 Å². The number of hydrogen-bond donors (Lipinski definition) is 1. The molecule has 1 N–H and O–H groups in total. The smallest absolute Gasteiger partial charge is 0.159 e. The Morgan fingerprint density at radius 1 is 1.58 bits per heavy atom. The van der Waals surface area contributed by atoms with Crippen LogP contribution in [-0.2, 0) is 0 Å². The number of ketones is 1. The summed E-state index contributed by atoms with van der Waals surface area (Å²) in [5.41, 5.74) is 0.577. The van der Waals surface area contributed by atoms with Crippen molar-refractivity contribution >= 4 is 5.78 Å². The highest BCUT2D eigenvalue weighted by Gasteiger charge is 2.09. The zero-order valence-corrected chi connectivity index (χ0v) is 11.2. The Bertz CT molecular complexity index is 468. The fourth-order valence-electron chi connectivity index (χ4n) is 1.60. The van der Waals surface area contributed by atoms with Crippen LogP contribution in [0, 0.1) is 11.3 Å². The van der Waals surface area contributed by atoms with Crippen LogP contribution in [0.1, 0.15) is 17.3 Å². The molecule has 0 aromatic heterocycles. The van der Waals surface area contributed by atoms with Crippen LogP contribution in [0.25, 0.3) is 0 Å². The standard InChI is InChI=1S/C14H18N2O3/c1-11(17)12-4-3-5-14(8-12)19-10-13(18)9-16(2)7-6-15/h3-5,8,13,18H,7,9-10H2,1-2H3. The van der Waals surface area contributed by atoms with Crippen molar-refractivity contribution in [3.63, 3.8) is 0 Å². The first-order chi connectivity index (χ1) is 9.02. The van der Waals surface area contributed by atoms with Crippen LogP contribution in [0.5, 0.6) is 5.75 Å². The third-order valence-corrected chi connectivity index (χ3v) is 2.55. The van der Waals surface area contributed by atoms with Crippen molar-refractivity contribution < 1.29 is 14.6 Å². The third-order valence-electron chi connectivity index (χ3n) is 2.55. The molecule has 5 nitrogen and oxygen atoms in total. The molecule has 0 aliphatic carbocycles. The fraction of sp³-hybridized carbons (Fsp3) is 0.429. The van der Waals surface area contributed by atoms with Gasteiger partial charge in [-0.1, -0.05) is 12.1 Å². The van der Waals surface area contributed by atoms with Crippen LogP contribution >= 0.6 is 0 Å². The van der Waals surface area contributed by atoms with E-state index >= 15 is 0 Å². The van der Waals surface area contributed by atoms with Gasteiger partial charge in [-0.15, -0.1) is 0 Å². The number of benzene rings is 1. The molecule has 19 heavy (non-hydrogen) atoms. The molecular formula is C14H18N2O3. The molecule has 1 unspecified atom stereocenters. The van der Waals surface area contributed by atoms with Gasteiger partial charge in [-0.3, -0.25) is 9.69 Å². The summed E-state index contributed by atoms with van der Waals surface area (Å²) < 4.78 is 5.43. The molecule has 5 heteroatoms. The van der Waals surface area contributed by atoms with Crippen LogP contribution in [0.2, 0.25) is 0 Å². The molecule has 0 aliphatic heterocycles. The minimum atomic E-state index is -0.681. The van der Waals surface area contributed by atoms with Gasteiger partial charge in [-0.2, -0.15) is 5.26 Å². The number of ether oxygens (including phenoxy) is 1. The minimum absolute atomic E-state index is 0.0280. The summed E-state index contributed by atoms with van der Waals surface area (Å²) in [5, 5.41) is 18.2. The van der Waals surface area contributed by atoms with E-state index < -0.39 is 6.10 Å². The van der Waals surface area contributed by atoms with Gasteiger partial charge < -0.3 is 9.84 Å². The molecule has 1 aromatic rings. The maximum Gasteiger partial charge on any atom is 0.159 e. The number of carbonyl (C=O) groups is 1. The summed E-state index contributed by atoms with van der Waals surface area (Å²) in [6, 6.07) is 8.84. The first-order valence-electron chi connectivity index (χ1n) is 6.00.